The van der Waals surface area contributed by atoms with Crippen LogP contribution in [0.15, 0.2) is 59.5 Å². The summed E-state index contributed by atoms with van der Waals surface area (Å²) in [5.41, 5.74) is 0.602. The smallest absolute Gasteiger partial charge is 0.242 e. The van der Waals surface area contributed by atoms with Gasteiger partial charge in [-0.3, -0.25) is 4.79 Å². The Balaban J connectivity index is 2.05. The van der Waals surface area contributed by atoms with Gasteiger partial charge in [-0.1, -0.05) is 29.8 Å². The summed E-state index contributed by atoms with van der Waals surface area (Å²) < 4.78 is 26.7. The molecule has 0 spiro atoms. The molecule has 0 fully saturated rings. The summed E-state index contributed by atoms with van der Waals surface area (Å²) in [7, 11) is -3.78. The predicted octanol–water partition coefficient (Wildman–Crippen LogP) is 2.65. The molecule has 2 aromatic carbocycles. The molecule has 0 saturated carbocycles. The molecule has 0 aliphatic rings. The number of halogens is 1. The Morgan fingerprint density at radius 3 is 2.23 bits per heavy atom. The topological polar surface area (TPSA) is 75.3 Å². The van der Waals surface area contributed by atoms with Gasteiger partial charge in [0.2, 0.25) is 15.9 Å². The fourth-order valence-electron chi connectivity index (χ4n) is 1.74. The van der Waals surface area contributed by atoms with E-state index >= 15 is 0 Å². The molecule has 0 saturated heterocycles. The largest absolute Gasteiger partial charge is 0.325 e. The maximum absolute atomic E-state index is 12.2. The van der Waals surface area contributed by atoms with Crippen LogP contribution in [0.4, 0.5) is 5.69 Å². The van der Waals surface area contributed by atoms with Crippen molar-refractivity contribution in [3.63, 3.8) is 0 Å². The molecule has 1 amide bonds. The SMILES string of the molecule is C[C@H](NS(=O)(=O)c1ccc(Cl)cc1)C(=O)Nc1ccccc1. The molecule has 0 aliphatic carbocycles. The van der Waals surface area contributed by atoms with Crippen molar-refractivity contribution in [2.45, 2.75) is 17.9 Å². The Kier molecular flexibility index (Phi) is 5.18. The Bertz CT molecular complexity index is 746. The van der Waals surface area contributed by atoms with E-state index in [0.717, 1.165) is 0 Å². The summed E-state index contributed by atoms with van der Waals surface area (Å²) in [6.07, 6.45) is 0. The van der Waals surface area contributed by atoms with Gasteiger partial charge in [-0.2, -0.15) is 4.72 Å². The molecule has 2 aromatic rings. The molecule has 0 heterocycles. The van der Waals surface area contributed by atoms with Crippen LogP contribution >= 0.6 is 11.6 Å². The van der Waals surface area contributed by atoms with E-state index in [9.17, 15) is 13.2 Å². The standard InChI is InChI=1S/C15H15ClN2O3S/c1-11(15(19)17-13-5-3-2-4-6-13)18-22(20,21)14-9-7-12(16)8-10-14/h2-11,18H,1H3,(H,17,19)/t11-/m0/s1. The first-order valence-electron chi connectivity index (χ1n) is 6.52. The van der Waals surface area contributed by atoms with E-state index in [1.54, 1.807) is 24.3 Å². The molecule has 2 N–H and O–H groups in total. The first kappa shape index (κ1) is 16.5. The number of nitrogens with one attached hydrogen (secondary N) is 2. The average molecular weight is 339 g/mol. The van der Waals surface area contributed by atoms with Gasteiger partial charge in [-0.05, 0) is 43.3 Å². The summed E-state index contributed by atoms with van der Waals surface area (Å²) in [5.74, 6) is -0.441. The summed E-state index contributed by atoms with van der Waals surface area (Å²) in [6, 6.07) is 13.6. The van der Waals surface area contributed by atoms with Gasteiger partial charge in [0.05, 0.1) is 10.9 Å². The zero-order chi connectivity index (χ0) is 16.2. The summed E-state index contributed by atoms with van der Waals surface area (Å²) in [6.45, 7) is 1.48. The number of amides is 1. The highest BCUT2D eigenvalue weighted by Gasteiger charge is 2.22. The van der Waals surface area contributed by atoms with Crippen molar-refractivity contribution in [3.8, 4) is 0 Å². The zero-order valence-electron chi connectivity index (χ0n) is 11.8. The number of para-hydroxylation sites is 1. The molecule has 0 radical (unpaired) electrons. The van der Waals surface area contributed by atoms with E-state index in [2.05, 4.69) is 10.0 Å². The molecule has 2 rings (SSSR count). The highest BCUT2D eigenvalue weighted by molar-refractivity contribution is 7.89. The van der Waals surface area contributed by atoms with Crippen molar-refractivity contribution in [1.29, 1.82) is 0 Å². The van der Waals surface area contributed by atoms with Crippen LogP contribution in [-0.4, -0.2) is 20.4 Å². The number of carbonyl (C=O) groups is 1. The normalized spacial score (nSPS) is 12.6. The van der Waals surface area contributed by atoms with Crippen LogP contribution in [0.1, 0.15) is 6.92 Å². The van der Waals surface area contributed by atoms with Gasteiger partial charge in [0.1, 0.15) is 0 Å². The van der Waals surface area contributed by atoms with E-state index in [0.29, 0.717) is 10.7 Å². The number of carbonyl (C=O) groups excluding carboxylic acids is 1. The van der Waals surface area contributed by atoms with Gasteiger partial charge >= 0.3 is 0 Å². The van der Waals surface area contributed by atoms with Gasteiger partial charge in [0.15, 0.2) is 0 Å². The minimum atomic E-state index is -3.78. The number of sulfonamides is 1. The zero-order valence-corrected chi connectivity index (χ0v) is 13.4. The third kappa shape index (κ3) is 4.30. The lowest BCUT2D eigenvalue weighted by Gasteiger charge is -2.14. The number of anilines is 1. The Morgan fingerprint density at radius 1 is 1.05 bits per heavy atom. The molecule has 5 nitrogen and oxygen atoms in total. The number of benzene rings is 2. The first-order valence-corrected chi connectivity index (χ1v) is 8.38. The molecule has 22 heavy (non-hydrogen) atoms. The van der Waals surface area contributed by atoms with Gasteiger partial charge in [-0.15, -0.1) is 0 Å². The fourth-order valence-corrected chi connectivity index (χ4v) is 3.07. The van der Waals surface area contributed by atoms with Crippen LogP contribution in [0.5, 0.6) is 0 Å². The predicted molar refractivity (Wildman–Crippen MR) is 86.3 cm³/mol. The molecule has 0 unspecified atom stereocenters. The summed E-state index contributed by atoms with van der Waals surface area (Å²) in [5, 5.41) is 3.08. The highest BCUT2D eigenvalue weighted by atomic mass is 35.5. The first-order chi connectivity index (χ1) is 10.4. The van der Waals surface area contributed by atoms with Gasteiger partial charge in [-0.25, -0.2) is 8.42 Å². The van der Waals surface area contributed by atoms with Crippen LogP contribution in [0, 0.1) is 0 Å². The second-order valence-electron chi connectivity index (χ2n) is 4.65. The van der Waals surface area contributed by atoms with Crippen molar-refractivity contribution in [1.82, 2.24) is 4.72 Å². The lowest BCUT2D eigenvalue weighted by molar-refractivity contribution is -0.117. The highest BCUT2D eigenvalue weighted by Crippen LogP contribution is 2.14. The quantitative estimate of drug-likeness (QED) is 0.880. The molecule has 0 aromatic heterocycles. The lowest BCUT2D eigenvalue weighted by Crippen LogP contribution is -2.41. The maximum Gasteiger partial charge on any atom is 0.242 e. The van der Waals surface area contributed by atoms with E-state index < -0.39 is 22.0 Å². The Labute approximate surface area is 134 Å². The van der Waals surface area contributed by atoms with Gasteiger partial charge in [0, 0.05) is 10.7 Å². The second kappa shape index (κ2) is 6.91. The number of hydrogen-bond donors (Lipinski definition) is 2. The maximum atomic E-state index is 12.2. The van der Waals surface area contributed by atoms with Crippen molar-refractivity contribution in [2.75, 3.05) is 5.32 Å². The molecule has 7 heteroatoms. The van der Waals surface area contributed by atoms with E-state index in [1.165, 1.54) is 31.2 Å². The van der Waals surface area contributed by atoms with E-state index in [1.807, 2.05) is 6.07 Å². The fraction of sp³-hybridized carbons (Fsp3) is 0.133. The van der Waals surface area contributed by atoms with E-state index in [-0.39, 0.29) is 4.90 Å². The number of hydrogen-bond acceptors (Lipinski definition) is 3. The van der Waals surface area contributed by atoms with Crippen molar-refractivity contribution in [3.05, 3.63) is 59.6 Å². The average Bonchev–Trinajstić information content (AvgIpc) is 2.48. The summed E-state index contributed by atoms with van der Waals surface area (Å²) in [4.78, 5) is 12.1. The Hall–Kier alpha value is -1.89. The third-order valence-electron chi connectivity index (χ3n) is 2.89. The molecule has 116 valence electrons. The van der Waals surface area contributed by atoms with Crippen molar-refractivity contribution < 1.29 is 13.2 Å². The monoisotopic (exact) mass is 338 g/mol. The molecular formula is C15H15ClN2O3S. The molecule has 0 aliphatic heterocycles. The van der Waals surface area contributed by atoms with Crippen LogP contribution in [-0.2, 0) is 14.8 Å². The van der Waals surface area contributed by atoms with Crippen LogP contribution in [0.25, 0.3) is 0 Å². The number of rotatable bonds is 5. The minimum Gasteiger partial charge on any atom is -0.325 e. The molecule has 1 atom stereocenters. The molecular weight excluding hydrogens is 324 g/mol. The van der Waals surface area contributed by atoms with E-state index in [4.69, 9.17) is 11.6 Å². The Morgan fingerprint density at radius 2 is 1.64 bits per heavy atom. The second-order valence-corrected chi connectivity index (χ2v) is 6.80. The van der Waals surface area contributed by atoms with Gasteiger partial charge in [0.25, 0.3) is 0 Å². The van der Waals surface area contributed by atoms with Crippen molar-refractivity contribution >= 4 is 33.2 Å². The lowest BCUT2D eigenvalue weighted by atomic mass is 10.3. The van der Waals surface area contributed by atoms with Gasteiger partial charge < -0.3 is 5.32 Å². The van der Waals surface area contributed by atoms with Crippen LogP contribution < -0.4 is 10.0 Å². The van der Waals surface area contributed by atoms with Crippen LogP contribution in [0.2, 0.25) is 5.02 Å². The molecule has 0 bridgehead atoms. The van der Waals surface area contributed by atoms with Crippen molar-refractivity contribution in [2.24, 2.45) is 0 Å². The summed E-state index contributed by atoms with van der Waals surface area (Å²) >= 11 is 5.73. The van der Waals surface area contributed by atoms with Crippen LogP contribution in [0.3, 0.4) is 0 Å². The third-order valence-corrected chi connectivity index (χ3v) is 4.70. The minimum absolute atomic E-state index is 0.0521.